The summed E-state index contributed by atoms with van der Waals surface area (Å²) >= 11 is 0. The van der Waals surface area contributed by atoms with Crippen LogP contribution in [0.15, 0.2) is 42.6 Å². The van der Waals surface area contributed by atoms with Crippen molar-refractivity contribution in [3.8, 4) is 6.07 Å². The van der Waals surface area contributed by atoms with Crippen LogP contribution in [0.1, 0.15) is 29.5 Å². The highest BCUT2D eigenvalue weighted by Gasteiger charge is 2.30. The standard InChI is InChI=1S/C16H14F3N3/c1-11(9-21-15-7-2-12(8-20)10-22-15)13-3-5-14(6-4-13)16(17,18)19/h2-7,10-11H,9H2,1H3,(H,21,22). The first-order valence-electron chi connectivity index (χ1n) is 6.67. The highest BCUT2D eigenvalue weighted by molar-refractivity contribution is 5.39. The molecule has 6 heteroatoms. The third-order valence-corrected chi connectivity index (χ3v) is 3.29. The number of alkyl halides is 3. The fourth-order valence-corrected chi connectivity index (χ4v) is 1.94. The van der Waals surface area contributed by atoms with Crippen molar-refractivity contribution in [1.82, 2.24) is 4.98 Å². The molecule has 0 saturated carbocycles. The maximum atomic E-state index is 12.5. The van der Waals surface area contributed by atoms with Gasteiger partial charge in [0.15, 0.2) is 0 Å². The van der Waals surface area contributed by atoms with E-state index in [1.54, 1.807) is 12.1 Å². The van der Waals surface area contributed by atoms with Crippen molar-refractivity contribution in [1.29, 1.82) is 5.26 Å². The second kappa shape index (κ2) is 6.48. The third-order valence-electron chi connectivity index (χ3n) is 3.29. The summed E-state index contributed by atoms with van der Waals surface area (Å²) in [4.78, 5) is 4.08. The molecule has 1 unspecified atom stereocenters. The topological polar surface area (TPSA) is 48.7 Å². The third kappa shape index (κ3) is 3.98. The summed E-state index contributed by atoms with van der Waals surface area (Å²) in [5.41, 5.74) is 0.639. The first kappa shape index (κ1) is 15.8. The number of hydrogen-bond acceptors (Lipinski definition) is 3. The van der Waals surface area contributed by atoms with Crippen molar-refractivity contribution in [3.05, 3.63) is 59.3 Å². The maximum Gasteiger partial charge on any atom is 0.416 e. The number of nitrogens with one attached hydrogen (secondary N) is 1. The Labute approximate surface area is 126 Å². The predicted octanol–water partition coefficient (Wildman–Crippen LogP) is 4.19. The molecule has 3 nitrogen and oxygen atoms in total. The highest BCUT2D eigenvalue weighted by Crippen LogP contribution is 2.30. The molecule has 0 fully saturated rings. The van der Waals surface area contributed by atoms with Gasteiger partial charge in [-0.15, -0.1) is 0 Å². The lowest BCUT2D eigenvalue weighted by atomic mass is 9.99. The van der Waals surface area contributed by atoms with Gasteiger partial charge in [0.25, 0.3) is 0 Å². The van der Waals surface area contributed by atoms with Gasteiger partial charge in [-0.2, -0.15) is 18.4 Å². The van der Waals surface area contributed by atoms with Crippen LogP contribution in [0.5, 0.6) is 0 Å². The van der Waals surface area contributed by atoms with Crippen LogP contribution in [-0.2, 0) is 6.18 Å². The van der Waals surface area contributed by atoms with Crippen LogP contribution in [-0.4, -0.2) is 11.5 Å². The zero-order valence-electron chi connectivity index (χ0n) is 11.9. The average molecular weight is 305 g/mol. The Kier molecular flexibility index (Phi) is 4.66. The monoisotopic (exact) mass is 305 g/mol. The number of pyridine rings is 1. The van der Waals surface area contributed by atoms with E-state index in [2.05, 4.69) is 10.3 Å². The van der Waals surface area contributed by atoms with Crippen molar-refractivity contribution in [2.75, 3.05) is 11.9 Å². The van der Waals surface area contributed by atoms with Gasteiger partial charge in [-0.3, -0.25) is 0 Å². The fraction of sp³-hybridized carbons (Fsp3) is 0.250. The lowest BCUT2D eigenvalue weighted by molar-refractivity contribution is -0.137. The molecule has 0 radical (unpaired) electrons. The van der Waals surface area contributed by atoms with E-state index in [1.165, 1.54) is 18.3 Å². The Morgan fingerprint density at radius 1 is 1.18 bits per heavy atom. The molecule has 1 aromatic heterocycles. The first-order valence-corrected chi connectivity index (χ1v) is 6.67. The van der Waals surface area contributed by atoms with Crippen LogP contribution in [0.3, 0.4) is 0 Å². The van der Waals surface area contributed by atoms with Gasteiger partial charge in [0.2, 0.25) is 0 Å². The van der Waals surface area contributed by atoms with Crippen LogP contribution >= 0.6 is 0 Å². The predicted molar refractivity (Wildman–Crippen MR) is 77.3 cm³/mol. The van der Waals surface area contributed by atoms with Gasteiger partial charge in [-0.1, -0.05) is 19.1 Å². The molecule has 0 aliphatic rings. The molecule has 1 atom stereocenters. The van der Waals surface area contributed by atoms with E-state index in [9.17, 15) is 13.2 Å². The molecule has 1 heterocycles. The van der Waals surface area contributed by atoms with Crippen molar-refractivity contribution < 1.29 is 13.2 Å². The lowest BCUT2D eigenvalue weighted by Gasteiger charge is -2.14. The Hall–Kier alpha value is -2.55. The smallest absolute Gasteiger partial charge is 0.369 e. The quantitative estimate of drug-likeness (QED) is 0.921. The molecule has 2 aromatic rings. The van der Waals surface area contributed by atoms with Crippen LogP contribution in [0.4, 0.5) is 19.0 Å². The average Bonchev–Trinajstić information content (AvgIpc) is 2.52. The van der Waals surface area contributed by atoms with E-state index in [-0.39, 0.29) is 5.92 Å². The molecular weight excluding hydrogens is 291 g/mol. The summed E-state index contributed by atoms with van der Waals surface area (Å²) in [5, 5.41) is 11.8. The van der Waals surface area contributed by atoms with Gasteiger partial charge in [0, 0.05) is 12.7 Å². The Morgan fingerprint density at radius 2 is 1.86 bits per heavy atom. The number of benzene rings is 1. The molecule has 0 aliphatic carbocycles. The normalized spacial score (nSPS) is 12.5. The molecule has 1 aromatic carbocycles. The van der Waals surface area contributed by atoms with Crippen molar-refractivity contribution in [2.24, 2.45) is 0 Å². The molecule has 0 amide bonds. The zero-order valence-corrected chi connectivity index (χ0v) is 11.9. The maximum absolute atomic E-state index is 12.5. The van der Waals surface area contributed by atoms with Gasteiger partial charge < -0.3 is 5.32 Å². The lowest BCUT2D eigenvalue weighted by Crippen LogP contribution is -2.11. The van der Waals surface area contributed by atoms with Crippen LogP contribution in [0, 0.1) is 11.3 Å². The van der Waals surface area contributed by atoms with Gasteiger partial charge >= 0.3 is 6.18 Å². The number of aromatic nitrogens is 1. The van der Waals surface area contributed by atoms with Crippen molar-refractivity contribution >= 4 is 5.82 Å². The Balaban J connectivity index is 1.97. The van der Waals surface area contributed by atoms with Crippen molar-refractivity contribution in [3.63, 3.8) is 0 Å². The summed E-state index contributed by atoms with van der Waals surface area (Å²) in [6, 6.07) is 10.5. The van der Waals surface area contributed by atoms with E-state index >= 15 is 0 Å². The summed E-state index contributed by atoms with van der Waals surface area (Å²) < 4.78 is 37.5. The minimum atomic E-state index is -4.31. The molecule has 114 valence electrons. The summed E-state index contributed by atoms with van der Waals surface area (Å²) in [5.74, 6) is 0.650. The minimum Gasteiger partial charge on any atom is -0.369 e. The van der Waals surface area contributed by atoms with Crippen LogP contribution in [0.2, 0.25) is 0 Å². The number of hydrogen-bond donors (Lipinski definition) is 1. The van der Waals surface area contributed by atoms with Crippen molar-refractivity contribution in [2.45, 2.75) is 19.0 Å². The Morgan fingerprint density at radius 3 is 2.36 bits per heavy atom. The molecule has 0 bridgehead atoms. The van der Waals surface area contributed by atoms with Gasteiger partial charge in [0.05, 0.1) is 11.1 Å². The summed E-state index contributed by atoms with van der Waals surface area (Å²) in [7, 11) is 0. The van der Waals surface area contributed by atoms with Gasteiger partial charge in [0.1, 0.15) is 11.9 Å². The largest absolute Gasteiger partial charge is 0.416 e. The molecule has 1 N–H and O–H groups in total. The Bertz CT molecular complexity index is 655. The van der Waals surface area contributed by atoms with E-state index in [0.29, 0.717) is 17.9 Å². The molecule has 0 spiro atoms. The second-order valence-corrected chi connectivity index (χ2v) is 4.95. The number of anilines is 1. The molecule has 22 heavy (non-hydrogen) atoms. The fourth-order valence-electron chi connectivity index (χ4n) is 1.94. The first-order chi connectivity index (χ1) is 10.4. The summed E-state index contributed by atoms with van der Waals surface area (Å²) in [6.45, 7) is 2.45. The number of nitriles is 1. The number of halogens is 3. The second-order valence-electron chi connectivity index (χ2n) is 4.95. The summed E-state index contributed by atoms with van der Waals surface area (Å²) in [6.07, 6.45) is -2.85. The number of nitrogens with zero attached hydrogens (tertiary/aromatic N) is 2. The van der Waals surface area contributed by atoms with E-state index in [0.717, 1.165) is 17.7 Å². The zero-order chi connectivity index (χ0) is 16.2. The van der Waals surface area contributed by atoms with Gasteiger partial charge in [-0.05, 0) is 35.7 Å². The molecule has 0 aliphatic heterocycles. The molecule has 0 saturated heterocycles. The van der Waals surface area contributed by atoms with E-state index in [1.807, 2.05) is 13.0 Å². The molecule has 2 rings (SSSR count). The van der Waals surface area contributed by atoms with E-state index < -0.39 is 11.7 Å². The van der Waals surface area contributed by atoms with Crippen LogP contribution in [0.25, 0.3) is 0 Å². The number of rotatable bonds is 4. The SMILES string of the molecule is CC(CNc1ccc(C#N)cn1)c1ccc(C(F)(F)F)cc1. The van der Waals surface area contributed by atoms with Crippen LogP contribution < -0.4 is 5.32 Å². The van der Waals surface area contributed by atoms with Gasteiger partial charge in [-0.25, -0.2) is 4.98 Å². The highest BCUT2D eigenvalue weighted by atomic mass is 19.4. The molecular formula is C16H14F3N3. The minimum absolute atomic E-state index is 0.0275. The van der Waals surface area contributed by atoms with E-state index in [4.69, 9.17) is 5.26 Å².